The van der Waals surface area contributed by atoms with Crippen molar-refractivity contribution in [2.24, 2.45) is 0 Å². The van der Waals surface area contributed by atoms with Crippen molar-refractivity contribution in [3.8, 4) is 23.3 Å². The monoisotopic (exact) mass is 532 g/mol. The first kappa shape index (κ1) is 26.3. The molecule has 0 unspecified atom stereocenters. The average Bonchev–Trinajstić information content (AvgIpc) is 3.23. The highest BCUT2D eigenvalue weighted by molar-refractivity contribution is 7.15. The topological polar surface area (TPSA) is 106 Å². The van der Waals surface area contributed by atoms with Crippen molar-refractivity contribution in [3.63, 3.8) is 0 Å². The Kier molecular flexibility index (Phi) is 9.32. The molecule has 0 atom stereocenters. The van der Waals surface area contributed by atoms with Gasteiger partial charge in [0.05, 0.1) is 11.6 Å². The van der Waals surface area contributed by atoms with Gasteiger partial charge in [0.15, 0.2) is 11.5 Å². The van der Waals surface area contributed by atoms with E-state index in [1.54, 1.807) is 31.2 Å². The second kappa shape index (κ2) is 12.4. The highest BCUT2D eigenvalue weighted by atomic mass is 35.5. The number of anilines is 1. The van der Waals surface area contributed by atoms with Crippen molar-refractivity contribution in [1.29, 1.82) is 5.26 Å². The first-order valence-electron chi connectivity index (χ1n) is 10.5. The molecular formula is C24H22Cl2N4O4S. The summed E-state index contributed by atoms with van der Waals surface area (Å²) in [7, 11) is 0. The number of rotatable bonds is 10. The third-order valence-corrected chi connectivity index (χ3v) is 5.94. The molecule has 2 aromatic carbocycles. The number of nitrogens with one attached hydrogen (secondary N) is 1. The van der Waals surface area contributed by atoms with Gasteiger partial charge < -0.3 is 14.2 Å². The fourth-order valence-electron chi connectivity index (χ4n) is 2.91. The molecule has 182 valence electrons. The van der Waals surface area contributed by atoms with E-state index in [9.17, 15) is 10.1 Å². The summed E-state index contributed by atoms with van der Waals surface area (Å²) < 4.78 is 17.2. The number of nitriles is 1. The SMILES string of the molecule is CCOc1cc(/C=C(/C#N)C(=O)Nc2nnc(C)s2)cc(Cl)c1OCCOc1ccc(Cl)c(C)c1. The Morgan fingerprint density at radius 1 is 1.11 bits per heavy atom. The van der Waals surface area contributed by atoms with Crippen LogP contribution in [0.4, 0.5) is 5.13 Å². The van der Waals surface area contributed by atoms with Crippen LogP contribution in [-0.2, 0) is 4.79 Å². The summed E-state index contributed by atoms with van der Waals surface area (Å²) in [5.74, 6) is 0.797. The lowest BCUT2D eigenvalue weighted by Gasteiger charge is -2.15. The number of halogens is 2. The van der Waals surface area contributed by atoms with Crippen LogP contribution >= 0.6 is 34.5 Å². The number of carbonyl (C=O) groups excluding carboxylic acids is 1. The van der Waals surface area contributed by atoms with Crippen molar-refractivity contribution in [1.82, 2.24) is 10.2 Å². The van der Waals surface area contributed by atoms with Gasteiger partial charge in [-0.2, -0.15) is 5.26 Å². The number of amides is 1. The Balaban J connectivity index is 1.71. The smallest absolute Gasteiger partial charge is 0.268 e. The van der Waals surface area contributed by atoms with E-state index < -0.39 is 5.91 Å². The van der Waals surface area contributed by atoms with Gasteiger partial charge in [0.25, 0.3) is 5.91 Å². The van der Waals surface area contributed by atoms with Gasteiger partial charge in [0.1, 0.15) is 35.6 Å². The van der Waals surface area contributed by atoms with Gasteiger partial charge in [-0.05, 0) is 68.3 Å². The zero-order valence-electron chi connectivity index (χ0n) is 19.2. The predicted molar refractivity (Wildman–Crippen MR) is 137 cm³/mol. The Labute approximate surface area is 217 Å². The Morgan fingerprint density at radius 2 is 1.89 bits per heavy atom. The van der Waals surface area contributed by atoms with E-state index in [0.717, 1.165) is 5.56 Å². The molecule has 0 bridgehead atoms. The lowest BCUT2D eigenvalue weighted by molar-refractivity contribution is -0.112. The highest BCUT2D eigenvalue weighted by Crippen LogP contribution is 2.37. The van der Waals surface area contributed by atoms with Crippen LogP contribution in [-0.4, -0.2) is 35.9 Å². The molecule has 1 amide bonds. The molecule has 0 saturated carbocycles. The molecule has 0 aliphatic rings. The van der Waals surface area contributed by atoms with Crippen LogP contribution in [0.25, 0.3) is 6.08 Å². The lowest BCUT2D eigenvalue weighted by Crippen LogP contribution is -2.13. The van der Waals surface area contributed by atoms with Crippen molar-refractivity contribution in [2.75, 3.05) is 25.1 Å². The third-order valence-electron chi connectivity index (χ3n) is 4.48. The summed E-state index contributed by atoms with van der Waals surface area (Å²) in [6.45, 7) is 6.33. The zero-order chi connectivity index (χ0) is 25.4. The second-order valence-corrected chi connectivity index (χ2v) is 9.12. The Hall–Kier alpha value is -3.32. The van der Waals surface area contributed by atoms with E-state index in [0.29, 0.717) is 44.6 Å². The molecule has 35 heavy (non-hydrogen) atoms. The number of nitrogens with zero attached hydrogens (tertiary/aromatic N) is 3. The Bertz CT molecular complexity index is 1290. The van der Waals surface area contributed by atoms with Crippen LogP contribution in [0.15, 0.2) is 35.9 Å². The largest absolute Gasteiger partial charge is 0.490 e. The fraction of sp³-hybridized carbons (Fsp3) is 0.250. The molecular weight excluding hydrogens is 511 g/mol. The van der Waals surface area contributed by atoms with Crippen LogP contribution in [0.3, 0.4) is 0 Å². The minimum atomic E-state index is -0.604. The molecule has 1 N–H and O–H groups in total. The Morgan fingerprint density at radius 3 is 2.54 bits per heavy atom. The molecule has 0 spiro atoms. The number of hydrogen-bond acceptors (Lipinski definition) is 8. The quantitative estimate of drug-likeness (QED) is 0.198. The molecule has 8 nitrogen and oxygen atoms in total. The van der Waals surface area contributed by atoms with Crippen LogP contribution in [0.2, 0.25) is 10.0 Å². The van der Waals surface area contributed by atoms with Gasteiger partial charge in [-0.15, -0.1) is 10.2 Å². The van der Waals surface area contributed by atoms with E-state index in [4.69, 9.17) is 37.4 Å². The first-order valence-corrected chi connectivity index (χ1v) is 12.1. The van der Waals surface area contributed by atoms with Gasteiger partial charge in [0.2, 0.25) is 5.13 Å². The summed E-state index contributed by atoms with van der Waals surface area (Å²) >= 11 is 13.7. The number of aromatic nitrogens is 2. The van der Waals surface area contributed by atoms with Gasteiger partial charge >= 0.3 is 0 Å². The number of hydrogen-bond donors (Lipinski definition) is 1. The summed E-state index contributed by atoms with van der Waals surface area (Å²) in [6, 6.07) is 10.5. The van der Waals surface area contributed by atoms with Gasteiger partial charge in [-0.1, -0.05) is 34.5 Å². The van der Waals surface area contributed by atoms with Crippen LogP contribution in [0, 0.1) is 25.2 Å². The van der Waals surface area contributed by atoms with E-state index in [1.807, 2.05) is 26.0 Å². The standard InChI is InChI=1S/C24H22Cl2N4O4S/c1-4-32-21-12-16(10-17(13-27)23(31)28-24-30-29-15(3)35-24)11-20(26)22(21)34-8-7-33-18-5-6-19(25)14(2)9-18/h5-6,9-12H,4,7-8H2,1-3H3,(H,28,30,31)/b17-10-. The highest BCUT2D eigenvalue weighted by Gasteiger charge is 2.16. The van der Waals surface area contributed by atoms with E-state index in [2.05, 4.69) is 15.5 Å². The first-order chi connectivity index (χ1) is 16.8. The van der Waals surface area contributed by atoms with Crippen molar-refractivity contribution in [3.05, 3.63) is 62.1 Å². The number of ether oxygens (including phenoxy) is 3. The van der Waals surface area contributed by atoms with E-state index in [1.165, 1.54) is 17.4 Å². The van der Waals surface area contributed by atoms with Gasteiger partial charge in [-0.25, -0.2) is 0 Å². The molecule has 3 aromatic rings. The molecule has 0 fully saturated rings. The van der Waals surface area contributed by atoms with Crippen molar-refractivity contribution in [2.45, 2.75) is 20.8 Å². The summed E-state index contributed by atoms with van der Waals surface area (Å²) in [6.07, 6.45) is 1.41. The number of carbonyl (C=O) groups is 1. The maximum atomic E-state index is 12.5. The maximum absolute atomic E-state index is 12.5. The lowest BCUT2D eigenvalue weighted by atomic mass is 10.1. The molecule has 0 saturated heterocycles. The number of benzene rings is 2. The minimum absolute atomic E-state index is 0.128. The molecule has 3 rings (SSSR count). The molecule has 1 aromatic heterocycles. The van der Waals surface area contributed by atoms with Crippen molar-refractivity contribution >= 4 is 51.7 Å². The van der Waals surface area contributed by atoms with Crippen LogP contribution in [0.5, 0.6) is 17.2 Å². The minimum Gasteiger partial charge on any atom is -0.490 e. The van der Waals surface area contributed by atoms with Crippen LogP contribution in [0.1, 0.15) is 23.1 Å². The number of aryl methyl sites for hydroxylation is 2. The molecule has 1 heterocycles. The molecule has 0 aliphatic heterocycles. The fourth-order valence-corrected chi connectivity index (χ4v) is 3.89. The molecule has 0 aliphatic carbocycles. The normalized spacial score (nSPS) is 11.0. The van der Waals surface area contributed by atoms with Crippen LogP contribution < -0.4 is 19.5 Å². The second-order valence-electron chi connectivity index (χ2n) is 7.12. The zero-order valence-corrected chi connectivity index (χ0v) is 21.6. The summed E-state index contributed by atoms with van der Waals surface area (Å²) in [5.41, 5.74) is 1.29. The molecule has 11 heteroatoms. The molecule has 0 radical (unpaired) electrons. The maximum Gasteiger partial charge on any atom is 0.268 e. The third kappa shape index (κ3) is 7.33. The van der Waals surface area contributed by atoms with E-state index in [-0.39, 0.29) is 23.8 Å². The average molecular weight is 533 g/mol. The summed E-state index contributed by atoms with van der Waals surface area (Å²) in [4.78, 5) is 12.5. The van der Waals surface area contributed by atoms with Gasteiger partial charge in [-0.3, -0.25) is 10.1 Å². The van der Waals surface area contributed by atoms with E-state index >= 15 is 0 Å². The predicted octanol–water partition coefficient (Wildman–Crippen LogP) is 5.86. The van der Waals surface area contributed by atoms with Crippen molar-refractivity contribution < 1.29 is 19.0 Å². The summed E-state index contributed by atoms with van der Waals surface area (Å²) in [5, 5.41) is 21.7. The van der Waals surface area contributed by atoms with Gasteiger partial charge in [0, 0.05) is 5.02 Å².